The molecule has 10 heteroatoms. The molecule has 3 atom stereocenters. The van der Waals surface area contributed by atoms with Crippen molar-refractivity contribution >= 4 is 17.8 Å². The molecule has 1 unspecified atom stereocenters. The molecule has 2 aromatic heterocycles. The van der Waals surface area contributed by atoms with Gasteiger partial charge < -0.3 is 24.8 Å². The standard InChI is InChI=1S/C18H26N2O.C14H25N2O2.C2H6.H2O2.V.H2/c21-17-13-18-19-11-12-20(18)14-16(17)10-4-2-1-3-7-15-8-5-6-9-15;1-5-6-10-7-8-16(11(10)9-17)13(18)12(15)14(2,3)4;2*1-2;;/h11-15,19H,1-10H2;10-12H,5-8,15H2,1-4H3;1-2H3;1-2H;;1H/q;-1;;;;/t;10-,11-,12?;;;;/m.1..../s1. The van der Waals surface area contributed by atoms with Gasteiger partial charge in [0.2, 0.25) is 5.91 Å². The van der Waals surface area contributed by atoms with Gasteiger partial charge in [-0.25, -0.2) is 6.29 Å². The number of amides is 1. The Balaban J connectivity index is 0. The second kappa shape index (κ2) is 22.6. The van der Waals surface area contributed by atoms with Crippen molar-refractivity contribution in [3.63, 3.8) is 0 Å². The summed E-state index contributed by atoms with van der Waals surface area (Å²) in [5.41, 5.74) is 7.70. The summed E-state index contributed by atoms with van der Waals surface area (Å²) in [4.78, 5) is 40.1. The van der Waals surface area contributed by atoms with Crippen LogP contribution in [0.3, 0.4) is 0 Å². The Hall–Kier alpha value is -1.91. The summed E-state index contributed by atoms with van der Waals surface area (Å²) in [5.74, 6) is 1.16. The molecule has 0 bridgehead atoms. The quantitative estimate of drug-likeness (QED) is 0.0881. The number of carbonyl (C=O) groups excluding carboxylic acids is 2. The molecule has 2 fully saturated rings. The summed E-state index contributed by atoms with van der Waals surface area (Å²) in [6, 6.07) is 0.745. The molecule has 1 amide bonds. The first-order chi connectivity index (χ1) is 20.7. The predicted octanol–water partition coefficient (Wildman–Crippen LogP) is 7.08. The van der Waals surface area contributed by atoms with Gasteiger partial charge in [0, 0.05) is 56.7 Å². The van der Waals surface area contributed by atoms with E-state index in [2.05, 4.69) is 11.9 Å². The predicted molar refractivity (Wildman–Crippen MR) is 177 cm³/mol. The van der Waals surface area contributed by atoms with Gasteiger partial charge in [0.1, 0.15) is 5.65 Å². The molecule has 2 aliphatic rings. The minimum atomic E-state index is -0.561. The summed E-state index contributed by atoms with van der Waals surface area (Å²) in [5, 5.41) is 12.0. The molecule has 44 heavy (non-hydrogen) atoms. The third-order valence-corrected chi connectivity index (χ3v) is 8.69. The minimum absolute atomic E-state index is 0. The molecule has 5 N–H and O–H groups in total. The molecule has 1 aliphatic heterocycles. The molecule has 3 heterocycles. The molecule has 1 radical (unpaired) electrons. The first kappa shape index (κ1) is 42.1. The molecule has 1 aliphatic carbocycles. The van der Waals surface area contributed by atoms with Crippen molar-refractivity contribution in [2.75, 3.05) is 6.54 Å². The number of likely N-dealkylation sites (tertiary alicyclic amines) is 1. The van der Waals surface area contributed by atoms with Crippen molar-refractivity contribution < 1.29 is 40.1 Å². The third-order valence-electron chi connectivity index (χ3n) is 8.69. The molecule has 0 spiro atoms. The van der Waals surface area contributed by atoms with Gasteiger partial charge in [-0.1, -0.05) is 112 Å². The topological polar surface area (TPSA) is 141 Å². The number of aryl methyl sites for hydroxylation is 1. The molecule has 0 aromatic carbocycles. The Morgan fingerprint density at radius 2 is 1.75 bits per heavy atom. The second-order valence-electron chi connectivity index (χ2n) is 12.8. The number of rotatable bonds is 11. The number of aromatic amines is 1. The fourth-order valence-electron chi connectivity index (χ4n) is 6.11. The molecule has 9 nitrogen and oxygen atoms in total. The molecule has 253 valence electrons. The smallest absolute Gasteiger partial charge is 0.238 e. The van der Waals surface area contributed by atoms with Crippen LogP contribution in [0.25, 0.3) is 5.65 Å². The number of carbonyl (C=O) groups is 1. The van der Waals surface area contributed by atoms with Crippen LogP contribution in [0.4, 0.5) is 0 Å². The van der Waals surface area contributed by atoms with E-state index >= 15 is 0 Å². The molecule has 4 rings (SSSR count). The number of imidazole rings is 1. The van der Waals surface area contributed by atoms with Gasteiger partial charge in [-0.15, -0.1) is 0 Å². The van der Waals surface area contributed by atoms with Gasteiger partial charge in [0.05, 0.1) is 6.04 Å². The van der Waals surface area contributed by atoms with Gasteiger partial charge in [-0.05, 0) is 36.5 Å². The number of nitrogens with one attached hydrogen (secondary N) is 1. The number of unbranched alkanes of at least 4 members (excludes halogenated alkanes) is 3. The van der Waals surface area contributed by atoms with Gasteiger partial charge in [0.15, 0.2) is 5.43 Å². The van der Waals surface area contributed by atoms with Crippen LogP contribution in [0, 0.1) is 17.3 Å². The van der Waals surface area contributed by atoms with Gasteiger partial charge >= 0.3 is 0 Å². The SMILES string of the molecule is CC.CCC[C@@H]1CCN(C(=O)C(N)C(C)(C)C)[C@@H]1[C-]=O.O=c1cc2[nH]ccn2cc1CCCCCCC1CCCC1.OO.[HH].[V]. The second-order valence-corrected chi connectivity index (χ2v) is 12.8. The van der Waals surface area contributed by atoms with Crippen LogP contribution in [0.2, 0.25) is 0 Å². The average Bonchev–Trinajstić information content (AvgIpc) is 3.78. The van der Waals surface area contributed by atoms with E-state index in [1.54, 1.807) is 11.0 Å². The Bertz CT molecular complexity index is 1110. The number of hydrogen-bond donors (Lipinski definition) is 4. The van der Waals surface area contributed by atoms with Crippen molar-refractivity contribution in [1.82, 2.24) is 14.3 Å². The zero-order chi connectivity index (χ0) is 32.4. The summed E-state index contributed by atoms with van der Waals surface area (Å²) in [7, 11) is 0. The number of nitrogens with two attached hydrogens (primary N) is 1. The van der Waals surface area contributed by atoms with E-state index in [9.17, 15) is 14.4 Å². The van der Waals surface area contributed by atoms with Crippen molar-refractivity contribution in [3.05, 3.63) is 40.4 Å². The van der Waals surface area contributed by atoms with E-state index in [0.717, 1.165) is 49.2 Å². The largest absolute Gasteiger partial charge is 0.540 e. The van der Waals surface area contributed by atoms with Crippen LogP contribution in [0.15, 0.2) is 29.5 Å². The maximum Gasteiger partial charge on any atom is 0.238 e. The molecule has 1 saturated carbocycles. The van der Waals surface area contributed by atoms with E-state index < -0.39 is 12.1 Å². The monoisotopic (exact) mass is 656 g/mol. The van der Waals surface area contributed by atoms with E-state index in [-0.39, 0.29) is 42.7 Å². The fraction of sp³-hybridized carbons (Fsp3) is 0.735. The Morgan fingerprint density at radius 3 is 2.34 bits per heavy atom. The summed E-state index contributed by atoms with van der Waals surface area (Å²) in [6.07, 6.45) is 24.0. The Kier molecular flexibility index (Phi) is 21.6. The number of aromatic nitrogens is 2. The van der Waals surface area contributed by atoms with Crippen molar-refractivity contribution in [1.29, 1.82) is 0 Å². The van der Waals surface area contributed by atoms with Crippen molar-refractivity contribution in [2.45, 2.75) is 137 Å². The summed E-state index contributed by atoms with van der Waals surface area (Å²) < 4.78 is 2.00. The molecule has 1 saturated heterocycles. The number of hydrogen-bond acceptors (Lipinski definition) is 6. The summed E-state index contributed by atoms with van der Waals surface area (Å²) >= 11 is 0. The van der Waals surface area contributed by atoms with Gasteiger partial charge in [-0.2, -0.15) is 0 Å². The van der Waals surface area contributed by atoms with Crippen molar-refractivity contribution in [2.24, 2.45) is 23.0 Å². The first-order valence-corrected chi connectivity index (χ1v) is 16.5. The number of pyridine rings is 1. The first-order valence-electron chi connectivity index (χ1n) is 16.5. The maximum absolute atomic E-state index is 12.3. The van der Waals surface area contributed by atoms with Crippen LogP contribution in [-0.2, 0) is 34.6 Å². The van der Waals surface area contributed by atoms with E-state index in [4.69, 9.17) is 16.2 Å². The van der Waals surface area contributed by atoms with Crippen LogP contribution >= 0.6 is 0 Å². The zero-order valence-corrected chi connectivity index (χ0v) is 29.5. The number of fused-ring (bicyclic) bond motifs is 1. The van der Waals surface area contributed by atoms with E-state index in [1.165, 1.54) is 51.4 Å². The van der Waals surface area contributed by atoms with Gasteiger partial charge in [0.25, 0.3) is 0 Å². The van der Waals surface area contributed by atoms with Gasteiger partial charge in [-0.3, -0.25) is 20.1 Å². The van der Waals surface area contributed by atoms with Crippen molar-refractivity contribution in [3.8, 4) is 0 Å². The maximum atomic E-state index is 12.3. The average molecular weight is 657 g/mol. The molecular formula is C34H61N4O5V-. The van der Waals surface area contributed by atoms with E-state index in [1.807, 2.05) is 63.9 Å². The van der Waals surface area contributed by atoms with Crippen LogP contribution in [-0.4, -0.2) is 55.6 Å². The van der Waals surface area contributed by atoms with Crippen LogP contribution in [0.1, 0.15) is 126 Å². The fourth-order valence-corrected chi connectivity index (χ4v) is 6.11. The Morgan fingerprint density at radius 1 is 1.11 bits per heavy atom. The van der Waals surface area contributed by atoms with Crippen LogP contribution < -0.4 is 11.2 Å². The summed E-state index contributed by atoms with van der Waals surface area (Å²) in [6.45, 7) is 12.5. The normalized spacial score (nSPS) is 18.6. The Labute approximate surface area is 278 Å². The van der Waals surface area contributed by atoms with Crippen LogP contribution in [0.5, 0.6) is 0 Å². The van der Waals surface area contributed by atoms with E-state index in [0.29, 0.717) is 6.54 Å². The minimum Gasteiger partial charge on any atom is -0.540 e. The molecule has 2 aromatic rings. The third kappa shape index (κ3) is 13.2. The number of nitrogens with zero attached hydrogens (tertiary/aromatic N) is 2. The molecular weight excluding hydrogens is 595 g/mol. The zero-order valence-electron chi connectivity index (χ0n) is 28.1. The number of H-pyrrole nitrogens is 1.